The minimum Gasteiger partial charge on any atom is -0.479 e. The summed E-state index contributed by atoms with van der Waals surface area (Å²) in [5, 5.41) is 3.94. The van der Waals surface area contributed by atoms with Gasteiger partial charge in [-0.3, -0.25) is 0 Å². The van der Waals surface area contributed by atoms with Crippen LogP contribution in [-0.2, 0) is 16.1 Å². The molecule has 0 radical (unpaired) electrons. The molecule has 0 amide bonds. The minimum absolute atomic E-state index is 0.00459. The van der Waals surface area contributed by atoms with E-state index in [-0.39, 0.29) is 13.4 Å². The fourth-order valence-corrected chi connectivity index (χ4v) is 2.58. The Hall–Kier alpha value is -3.48. The summed E-state index contributed by atoms with van der Waals surface area (Å²) < 4.78 is 26.8. The summed E-state index contributed by atoms with van der Waals surface area (Å²) in [6, 6.07) is 16.3. The molecule has 0 aliphatic carbocycles. The van der Waals surface area contributed by atoms with Crippen LogP contribution < -0.4 is 14.2 Å². The van der Waals surface area contributed by atoms with Crippen molar-refractivity contribution in [3.8, 4) is 28.6 Å². The van der Waals surface area contributed by atoms with E-state index in [4.69, 9.17) is 23.5 Å². The van der Waals surface area contributed by atoms with Gasteiger partial charge in [0, 0.05) is 11.6 Å². The van der Waals surface area contributed by atoms with E-state index in [9.17, 15) is 4.79 Å². The number of esters is 1. The smallest absolute Gasteiger partial charge is 0.347 e. The zero-order chi connectivity index (χ0) is 18.6. The van der Waals surface area contributed by atoms with Crippen molar-refractivity contribution in [2.75, 3.05) is 6.79 Å². The molecule has 0 saturated heterocycles. The van der Waals surface area contributed by atoms with Gasteiger partial charge in [0.05, 0.1) is 0 Å². The monoisotopic (exact) mass is 367 g/mol. The van der Waals surface area contributed by atoms with Crippen LogP contribution in [-0.4, -0.2) is 24.0 Å². The van der Waals surface area contributed by atoms with Crippen molar-refractivity contribution >= 4 is 5.97 Å². The molecule has 1 unspecified atom stereocenters. The molecule has 0 bridgehead atoms. The lowest BCUT2D eigenvalue weighted by molar-refractivity contribution is -0.152. The van der Waals surface area contributed by atoms with Crippen molar-refractivity contribution < 1.29 is 28.3 Å². The second kappa shape index (κ2) is 7.41. The maximum Gasteiger partial charge on any atom is 0.347 e. The quantitative estimate of drug-likeness (QED) is 0.616. The van der Waals surface area contributed by atoms with Crippen molar-refractivity contribution in [2.24, 2.45) is 0 Å². The second-order valence-corrected chi connectivity index (χ2v) is 5.93. The molecule has 2 heterocycles. The largest absolute Gasteiger partial charge is 0.479 e. The SMILES string of the molecule is CC(Oc1ccccc1)C(=O)OCc1cc(-c2ccc3c(c2)OCO3)on1. The van der Waals surface area contributed by atoms with E-state index < -0.39 is 12.1 Å². The molecular weight excluding hydrogens is 350 g/mol. The molecule has 27 heavy (non-hydrogen) atoms. The van der Waals surface area contributed by atoms with Crippen LogP contribution >= 0.6 is 0 Å². The van der Waals surface area contributed by atoms with Gasteiger partial charge in [-0.15, -0.1) is 0 Å². The fourth-order valence-electron chi connectivity index (χ4n) is 2.58. The number of nitrogens with zero attached hydrogens (tertiary/aromatic N) is 1. The fraction of sp³-hybridized carbons (Fsp3) is 0.200. The van der Waals surface area contributed by atoms with Crippen LogP contribution in [0.2, 0.25) is 0 Å². The van der Waals surface area contributed by atoms with E-state index in [0.717, 1.165) is 5.56 Å². The number of hydrogen-bond donors (Lipinski definition) is 0. The Balaban J connectivity index is 1.35. The molecule has 0 spiro atoms. The van der Waals surface area contributed by atoms with Crippen molar-refractivity contribution in [3.05, 3.63) is 60.3 Å². The highest BCUT2D eigenvalue weighted by atomic mass is 16.7. The van der Waals surface area contributed by atoms with Gasteiger partial charge in [0.25, 0.3) is 0 Å². The van der Waals surface area contributed by atoms with E-state index in [1.165, 1.54) is 0 Å². The molecule has 0 N–H and O–H groups in total. The van der Waals surface area contributed by atoms with Crippen molar-refractivity contribution in [2.45, 2.75) is 19.6 Å². The van der Waals surface area contributed by atoms with Gasteiger partial charge in [0.1, 0.15) is 18.1 Å². The van der Waals surface area contributed by atoms with E-state index in [0.29, 0.717) is 28.7 Å². The average molecular weight is 367 g/mol. The molecule has 3 aromatic rings. The average Bonchev–Trinajstić information content (AvgIpc) is 3.35. The Morgan fingerprint density at radius 2 is 1.93 bits per heavy atom. The molecule has 138 valence electrons. The molecule has 1 aliphatic rings. The highest BCUT2D eigenvalue weighted by molar-refractivity contribution is 5.74. The normalized spacial score (nSPS) is 13.2. The van der Waals surface area contributed by atoms with Crippen molar-refractivity contribution in [1.82, 2.24) is 5.16 Å². The number of carbonyl (C=O) groups is 1. The molecule has 7 nitrogen and oxygen atoms in total. The van der Waals surface area contributed by atoms with Crippen LogP contribution in [0.15, 0.2) is 59.1 Å². The number of para-hydroxylation sites is 1. The Morgan fingerprint density at radius 1 is 1.11 bits per heavy atom. The zero-order valence-electron chi connectivity index (χ0n) is 14.6. The number of fused-ring (bicyclic) bond motifs is 1. The van der Waals surface area contributed by atoms with E-state index in [2.05, 4.69) is 5.16 Å². The molecule has 1 atom stereocenters. The summed E-state index contributed by atoms with van der Waals surface area (Å²) in [6.07, 6.45) is -0.729. The van der Waals surface area contributed by atoms with Gasteiger partial charge in [-0.2, -0.15) is 0 Å². The van der Waals surface area contributed by atoms with Gasteiger partial charge in [-0.1, -0.05) is 23.4 Å². The topological polar surface area (TPSA) is 80.0 Å². The minimum atomic E-state index is -0.729. The van der Waals surface area contributed by atoms with Crippen LogP contribution in [0.4, 0.5) is 0 Å². The summed E-state index contributed by atoms with van der Waals surface area (Å²) in [6.45, 7) is 1.84. The highest BCUT2D eigenvalue weighted by Gasteiger charge is 2.19. The summed E-state index contributed by atoms with van der Waals surface area (Å²) in [5.74, 6) is 2.02. The molecule has 4 rings (SSSR count). The van der Waals surface area contributed by atoms with E-state index in [1.807, 2.05) is 36.4 Å². The Labute approximate surface area is 155 Å². The van der Waals surface area contributed by atoms with Gasteiger partial charge in [-0.05, 0) is 37.3 Å². The molecule has 0 saturated carbocycles. The second-order valence-electron chi connectivity index (χ2n) is 5.93. The van der Waals surface area contributed by atoms with Crippen LogP contribution in [0.3, 0.4) is 0 Å². The molecule has 1 aliphatic heterocycles. The molecule has 2 aromatic carbocycles. The predicted octanol–water partition coefficient (Wildman–Crippen LogP) is 3.58. The third kappa shape index (κ3) is 3.87. The Bertz CT molecular complexity index is 937. The van der Waals surface area contributed by atoms with Crippen LogP contribution in [0, 0.1) is 0 Å². The lowest BCUT2D eigenvalue weighted by atomic mass is 10.1. The van der Waals surface area contributed by atoms with Crippen LogP contribution in [0.5, 0.6) is 17.2 Å². The number of aromatic nitrogens is 1. The summed E-state index contributed by atoms with van der Waals surface area (Å²) in [7, 11) is 0. The predicted molar refractivity (Wildman–Crippen MR) is 94.4 cm³/mol. The maximum atomic E-state index is 12.1. The van der Waals surface area contributed by atoms with Gasteiger partial charge in [0.15, 0.2) is 23.4 Å². The number of carbonyl (C=O) groups excluding carboxylic acids is 1. The Morgan fingerprint density at radius 3 is 2.78 bits per heavy atom. The van der Waals surface area contributed by atoms with Gasteiger partial charge in [-0.25, -0.2) is 4.79 Å². The molecule has 7 heteroatoms. The van der Waals surface area contributed by atoms with Crippen LogP contribution in [0.25, 0.3) is 11.3 Å². The zero-order valence-corrected chi connectivity index (χ0v) is 14.6. The van der Waals surface area contributed by atoms with Crippen molar-refractivity contribution in [3.63, 3.8) is 0 Å². The first kappa shape index (κ1) is 17.0. The number of hydrogen-bond acceptors (Lipinski definition) is 7. The molecule has 1 aromatic heterocycles. The van der Waals surface area contributed by atoms with Crippen molar-refractivity contribution in [1.29, 1.82) is 0 Å². The maximum absolute atomic E-state index is 12.1. The summed E-state index contributed by atoms with van der Waals surface area (Å²) in [5.41, 5.74) is 1.30. The van der Waals surface area contributed by atoms with Crippen LogP contribution in [0.1, 0.15) is 12.6 Å². The number of rotatable bonds is 6. The standard InChI is InChI=1S/C20H17NO6/c1-13(26-16-5-3-2-4-6-16)20(22)23-11-15-10-18(27-21-15)14-7-8-17-19(9-14)25-12-24-17/h2-10,13H,11-12H2,1H3. The number of benzene rings is 2. The Kier molecular flexibility index (Phi) is 4.65. The highest BCUT2D eigenvalue weighted by Crippen LogP contribution is 2.36. The first-order valence-corrected chi connectivity index (χ1v) is 8.43. The third-order valence-corrected chi connectivity index (χ3v) is 3.97. The lowest BCUT2D eigenvalue weighted by Crippen LogP contribution is -2.26. The summed E-state index contributed by atoms with van der Waals surface area (Å²) >= 11 is 0. The first-order chi connectivity index (χ1) is 13.2. The van der Waals surface area contributed by atoms with Gasteiger partial charge >= 0.3 is 5.97 Å². The molecule has 0 fully saturated rings. The third-order valence-electron chi connectivity index (χ3n) is 3.97. The summed E-state index contributed by atoms with van der Waals surface area (Å²) in [4.78, 5) is 12.1. The first-order valence-electron chi connectivity index (χ1n) is 8.43. The van der Waals surface area contributed by atoms with Gasteiger partial charge < -0.3 is 23.5 Å². The van der Waals surface area contributed by atoms with Gasteiger partial charge in [0.2, 0.25) is 6.79 Å². The number of ether oxygens (including phenoxy) is 4. The van der Waals surface area contributed by atoms with E-state index >= 15 is 0 Å². The molecular formula is C20H17NO6. The lowest BCUT2D eigenvalue weighted by Gasteiger charge is -2.13. The van der Waals surface area contributed by atoms with E-state index in [1.54, 1.807) is 25.1 Å².